The average molecular weight is 741 g/mol. The molecule has 0 bridgehead atoms. The molecule has 9 N–H and O–H groups in total. The highest BCUT2D eigenvalue weighted by atomic mass is 16.8. The van der Waals surface area contributed by atoms with Gasteiger partial charge >= 0.3 is 0 Å². The number of hydrogen-bond donors (Lipinski definition) is 9. The Bertz CT molecular complexity index is 1290. The summed E-state index contributed by atoms with van der Waals surface area (Å²) in [5, 5.41) is 97.2. The highest BCUT2D eigenvalue weighted by Crippen LogP contribution is 2.67. The highest BCUT2D eigenvalue weighted by molar-refractivity contribution is 5.33. The van der Waals surface area contributed by atoms with E-state index >= 15 is 0 Å². The van der Waals surface area contributed by atoms with E-state index in [9.17, 15) is 46.0 Å². The summed E-state index contributed by atoms with van der Waals surface area (Å²) in [6.07, 6.45) is -10.6. The fourth-order valence-corrected chi connectivity index (χ4v) is 11.3. The van der Waals surface area contributed by atoms with Gasteiger partial charge in [-0.3, -0.25) is 0 Å². The Labute approximate surface area is 307 Å². The summed E-state index contributed by atoms with van der Waals surface area (Å²) in [6.45, 7) is 14.5. The van der Waals surface area contributed by atoms with Crippen LogP contribution in [0.1, 0.15) is 79.6 Å². The molecule has 0 amide bonds. The average Bonchev–Trinajstić information content (AvgIpc) is 3.46. The molecule has 20 unspecified atom stereocenters. The molecular formula is C39H64O13. The smallest absolute Gasteiger partial charge is 0.187 e. The van der Waals surface area contributed by atoms with Crippen molar-refractivity contribution in [1.29, 1.82) is 0 Å². The predicted molar refractivity (Wildman–Crippen MR) is 187 cm³/mol. The van der Waals surface area contributed by atoms with Crippen molar-refractivity contribution in [3.05, 3.63) is 23.8 Å². The number of aliphatic hydroxyl groups excluding tert-OH is 9. The summed E-state index contributed by atoms with van der Waals surface area (Å²) in [6, 6.07) is 0. The molecule has 2 saturated heterocycles. The third-order valence-electron chi connectivity index (χ3n) is 14.5. The van der Waals surface area contributed by atoms with Crippen molar-refractivity contribution in [2.75, 3.05) is 13.2 Å². The maximum Gasteiger partial charge on any atom is 0.187 e. The van der Waals surface area contributed by atoms with E-state index in [-0.39, 0.29) is 36.2 Å². The van der Waals surface area contributed by atoms with E-state index in [1.54, 1.807) is 6.08 Å². The van der Waals surface area contributed by atoms with Gasteiger partial charge in [0, 0.05) is 0 Å². The molecule has 4 aliphatic carbocycles. The quantitative estimate of drug-likeness (QED) is 0.142. The van der Waals surface area contributed by atoms with Crippen molar-refractivity contribution in [3.8, 4) is 0 Å². The molecule has 0 spiro atoms. The van der Waals surface area contributed by atoms with E-state index in [0.717, 1.165) is 38.5 Å². The van der Waals surface area contributed by atoms with Gasteiger partial charge < -0.3 is 64.9 Å². The Hall–Kier alpha value is -1.04. The van der Waals surface area contributed by atoms with Gasteiger partial charge in [0.1, 0.15) is 54.9 Å². The summed E-state index contributed by atoms with van der Waals surface area (Å²) in [5.41, 5.74) is 1.34. The van der Waals surface area contributed by atoms with Crippen LogP contribution in [0.3, 0.4) is 0 Å². The zero-order chi connectivity index (χ0) is 38.0. The molecule has 52 heavy (non-hydrogen) atoms. The third kappa shape index (κ3) is 6.99. The van der Waals surface area contributed by atoms with Crippen LogP contribution >= 0.6 is 0 Å². The number of allylic oxidation sites excluding steroid dienone is 1. The largest absolute Gasteiger partial charge is 0.394 e. The molecule has 13 heteroatoms. The molecule has 298 valence electrons. The van der Waals surface area contributed by atoms with Crippen LogP contribution in [0.4, 0.5) is 0 Å². The zero-order valence-corrected chi connectivity index (χ0v) is 31.3. The normalized spacial score (nSPS) is 51.3. The maximum atomic E-state index is 12.0. The molecular weight excluding hydrogens is 676 g/mol. The summed E-state index contributed by atoms with van der Waals surface area (Å²) < 4.78 is 23.5. The summed E-state index contributed by atoms with van der Waals surface area (Å²) in [4.78, 5) is 0. The summed E-state index contributed by atoms with van der Waals surface area (Å²) >= 11 is 0. The van der Waals surface area contributed by atoms with E-state index in [1.807, 2.05) is 0 Å². The first-order valence-electron chi connectivity index (χ1n) is 19.5. The van der Waals surface area contributed by atoms with Crippen molar-refractivity contribution in [1.82, 2.24) is 0 Å². The Balaban J connectivity index is 1.24. The number of fused-ring (bicyclic) bond motifs is 5. The fourth-order valence-electron chi connectivity index (χ4n) is 11.3. The van der Waals surface area contributed by atoms with Gasteiger partial charge in [0.25, 0.3) is 0 Å². The molecule has 2 aliphatic heterocycles. The summed E-state index contributed by atoms with van der Waals surface area (Å²) in [5.74, 6) is 1.77. The minimum atomic E-state index is -1.79. The highest BCUT2D eigenvalue weighted by Gasteiger charge is 2.64. The summed E-state index contributed by atoms with van der Waals surface area (Å²) in [7, 11) is 0. The SMILES string of the molecule is C=C(CCC(C)C1CCC2C3C(O)C=C4C(OC5OCC(O)C(O)C5OC5OC(CO)C(O)C(O)C5O)C(O)C(O)CC4(C)C3CCC12C)C(C)C. The second kappa shape index (κ2) is 15.5. The van der Waals surface area contributed by atoms with Crippen LogP contribution in [-0.2, 0) is 18.9 Å². The first kappa shape index (κ1) is 40.6. The molecule has 13 nitrogen and oxygen atoms in total. The van der Waals surface area contributed by atoms with Crippen LogP contribution in [0.5, 0.6) is 0 Å². The van der Waals surface area contributed by atoms with Crippen LogP contribution in [0, 0.1) is 46.3 Å². The van der Waals surface area contributed by atoms with Crippen molar-refractivity contribution in [2.24, 2.45) is 46.3 Å². The Kier molecular flexibility index (Phi) is 12.1. The van der Waals surface area contributed by atoms with Gasteiger partial charge in [-0.15, -0.1) is 0 Å². The number of aliphatic hydroxyl groups is 9. The molecule has 5 fully saturated rings. The molecule has 3 saturated carbocycles. The molecule has 6 aliphatic rings. The van der Waals surface area contributed by atoms with Gasteiger partial charge in [0.05, 0.1) is 25.4 Å². The first-order valence-corrected chi connectivity index (χ1v) is 19.5. The number of ether oxygens (including phenoxy) is 4. The minimum Gasteiger partial charge on any atom is -0.394 e. The van der Waals surface area contributed by atoms with Crippen molar-refractivity contribution >= 4 is 0 Å². The fraction of sp³-hybridized carbons (Fsp3) is 0.897. The number of hydrogen-bond acceptors (Lipinski definition) is 13. The maximum absolute atomic E-state index is 12.0. The predicted octanol–water partition coefficient (Wildman–Crippen LogP) is 0.755. The van der Waals surface area contributed by atoms with Gasteiger partial charge in [0.2, 0.25) is 0 Å². The lowest BCUT2D eigenvalue weighted by molar-refractivity contribution is -0.363. The van der Waals surface area contributed by atoms with Gasteiger partial charge in [-0.1, -0.05) is 52.8 Å². The lowest BCUT2D eigenvalue weighted by Crippen LogP contribution is -2.64. The van der Waals surface area contributed by atoms with E-state index in [2.05, 4.69) is 41.2 Å². The molecule has 20 atom stereocenters. The standard InChI is InChI=1S/C39H64O13/c1-17(2)18(3)7-8-19(4)20-9-10-21-28-22(11-12-38(20,21)5)39(6)14-25(42)29(44)34(23(39)13-24(28)41)51-37-35(30(45)26(43)16-49-37)52-36-33(48)32(47)31(46)27(15-40)50-36/h13,17,19-22,24-37,40-48H,3,7-12,14-16H2,1-2,4-6H3. The Morgan fingerprint density at radius 2 is 1.58 bits per heavy atom. The van der Waals surface area contributed by atoms with E-state index in [4.69, 9.17) is 18.9 Å². The van der Waals surface area contributed by atoms with Crippen LogP contribution < -0.4 is 0 Å². The van der Waals surface area contributed by atoms with Crippen molar-refractivity contribution < 1.29 is 64.9 Å². The van der Waals surface area contributed by atoms with E-state index < -0.39 is 91.7 Å². The van der Waals surface area contributed by atoms with Gasteiger partial charge in [-0.25, -0.2) is 0 Å². The van der Waals surface area contributed by atoms with Crippen LogP contribution in [0.25, 0.3) is 0 Å². The topological polar surface area (TPSA) is 219 Å². The molecule has 0 radical (unpaired) electrons. The first-order chi connectivity index (χ1) is 24.4. The monoisotopic (exact) mass is 740 g/mol. The van der Waals surface area contributed by atoms with Crippen molar-refractivity contribution in [3.63, 3.8) is 0 Å². The lowest BCUT2D eigenvalue weighted by Gasteiger charge is -2.61. The second-order valence-corrected chi connectivity index (χ2v) is 17.8. The van der Waals surface area contributed by atoms with Crippen LogP contribution in [-0.4, -0.2) is 139 Å². The van der Waals surface area contributed by atoms with E-state index in [0.29, 0.717) is 23.3 Å². The molecule has 6 rings (SSSR count). The minimum absolute atomic E-state index is 0.00412. The molecule has 0 aromatic carbocycles. The van der Waals surface area contributed by atoms with Gasteiger partial charge in [-0.2, -0.15) is 0 Å². The Morgan fingerprint density at radius 1 is 0.865 bits per heavy atom. The molecule has 0 aromatic rings. The molecule has 2 heterocycles. The zero-order valence-electron chi connectivity index (χ0n) is 31.3. The van der Waals surface area contributed by atoms with E-state index in [1.165, 1.54) is 5.57 Å². The van der Waals surface area contributed by atoms with Crippen molar-refractivity contribution in [2.45, 2.75) is 159 Å². The van der Waals surface area contributed by atoms with Gasteiger partial charge in [-0.05, 0) is 96.9 Å². The van der Waals surface area contributed by atoms with Crippen LogP contribution in [0.15, 0.2) is 23.8 Å². The van der Waals surface area contributed by atoms with Crippen LogP contribution in [0.2, 0.25) is 0 Å². The Morgan fingerprint density at radius 3 is 2.25 bits per heavy atom. The van der Waals surface area contributed by atoms with Gasteiger partial charge in [0.15, 0.2) is 12.6 Å². The third-order valence-corrected chi connectivity index (χ3v) is 14.5. The lowest BCUT2D eigenvalue weighted by atomic mass is 9.45. The molecule has 0 aromatic heterocycles. The second-order valence-electron chi connectivity index (χ2n) is 17.8. The number of rotatable bonds is 10.